The minimum Gasteiger partial charge on any atom is -0.0622 e. The molecule has 4 unspecified atom stereocenters. The van der Waals surface area contributed by atoms with Gasteiger partial charge in [0.1, 0.15) is 0 Å². The molecule has 0 N–H and O–H groups in total. The highest BCUT2D eigenvalue weighted by atomic mass is 14.4. The molecule has 2 saturated carbocycles. The molecule has 0 heterocycles. The lowest BCUT2D eigenvalue weighted by Gasteiger charge is -2.33. The second-order valence-corrected chi connectivity index (χ2v) is 6.28. The molecule has 0 radical (unpaired) electrons. The van der Waals surface area contributed by atoms with Crippen molar-refractivity contribution < 1.29 is 0 Å². The molecule has 15 heavy (non-hydrogen) atoms. The van der Waals surface area contributed by atoms with E-state index in [1.54, 1.807) is 0 Å². The van der Waals surface area contributed by atoms with Gasteiger partial charge in [-0.05, 0) is 36.5 Å². The van der Waals surface area contributed by atoms with Gasteiger partial charge in [-0.2, -0.15) is 0 Å². The Balaban J connectivity index is 1.36. The lowest BCUT2D eigenvalue weighted by atomic mass is 9.72. The van der Waals surface area contributed by atoms with Gasteiger partial charge in [0.2, 0.25) is 0 Å². The molecule has 0 nitrogen and oxygen atoms in total. The first-order valence-electron chi connectivity index (χ1n) is 7.27. The second kappa shape index (κ2) is 5.37. The number of rotatable bonds is 7. The average molecular weight is 208 g/mol. The van der Waals surface area contributed by atoms with E-state index < -0.39 is 0 Å². The van der Waals surface area contributed by atoms with Crippen molar-refractivity contribution >= 4 is 0 Å². The van der Waals surface area contributed by atoms with Crippen molar-refractivity contribution in [1.82, 2.24) is 0 Å². The van der Waals surface area contributed by atoms with E-state index in [0.29, 0.717) is 0 Å². The van der Waals surface area contributed by atoms with Crippen molar-refractivity contribution in [3.05, 3.63) is 0 Å². The van der Waals surface area contributed by atoms with Crippen LogP contribution in [0.2, 0.25) is 0 Å². The fourth-order valence-electron chi connectivity index (χ4n) is 3.13. The van der Waals surface area contributed by atoms with Crippen LogP contribution in [0.15, 0.2) is 0 Å². The number of hydrogen-bond donors (Lipinski definition) is 0. The van der Waals surface area contributed by atoms with E-state index in [2.05, 4.69) is 13.8 Å². The minimum atomic E-state index is 1.05. The van der Waals surface area contributed by atoms with Gasteiger partial charge < -0.3 is 0 Å². The van der Waals surface area contributed by atoms with Crippen molar-refractivity contribution in [1.29, 1.82) is 0 Å². The zero-order valence-corrected chi connectivity index (χ0v) is 10.7. The van der Waals surface area contributed by atoms with E-state index in [0.717, 1.165) is 23.7 Å². The molecule has 2 aliphatic rings. The highest BCUT2D eigenvalue weighted by Crippen LogP contribution is 2.41. The minimum absolute atomic E-state index is 1.05. The first-order valence-corrected chi connectivity index (χ1v) is 7.27. The molecule has 88 valence electrons. The van der Waals surface area contributed by atoms with Crippen LogP contribution in [0.4, 0.5) is 0 Å². The summed E-state index contributed by atoms with van der Waals surface area (Å²) >= 11 is 0. The van der Waals surface area contributed by atoms with E-state index >= 15 is 0 Å². The van der Waals surface area contributed by atoms with Gasteiger partial charge in [0, 0.05) is 0 Å². The SMILES string of the molecule is CC1CCC1CCCCCCC1CC1C. The Hall–Kier alpha value is 0. The molecule has 2 aliphatic carbocycles. The summed E-state index contributed by atoms with van der Waals surface area (Å²) in [5, 5.41) is 0. The van der Waals surface area contributed by atoms with E-state index in [1.807, 2.05) is 0 Å². The Labute approximate surface area is 95.8 Å². The van der Waals surface area contributed by atoms with Gasteiger partial charge in [-0.25, -0.2) is 0 Å². The molecule has 0 amide bonds. The lowest BCUT2D eigenvalue weighted by molar-refractivity contribution is 0.178. The van der Waals surface area contributed by atoms with Crippen LogP contribution in [0.1, 0.15) is 71.6 Å². The monoisotopic (exact) mass is 208 g/mol. The normalized spacial score (nSPS) is 38.8. The molecule has 0 bridgehead atoms. The largest absolute Gasteiger partial charge is 0.0622 e. The van der Waals surface area contributed by atoms with E-state index in [-0.39, 0.29) is 0 Å². The molecule has 0 aromatic heterocycles. The zero-order valence-electron chi connectivity index (χ0n) is 10.7. The molecule has 0 aromatic carbocycles. The lowest BCUT2D eigenvalue weighted by Crippen LogP contribution is -2.22. The third kappa shape index (κ3) is 3.50. The van der Waals surface area contributed by atoms with Crippen molar-refractivity contribution in [2.75, 3.05) is 0 Å². The fourth-order valence-corrected chi connectivity index (χ4v) is 3.13. The summed E-state index contributed by atoms with van der Waals surface area (Å²) in [6.07, 6.45) is 13.6. The highest BCUT2D eigenvalue weighted by Gasteiger charge is 2.31. The zero-order chi connectivity index (χ0) is 10.7. The first kappa shape index (κ1) is 11.5. The quantitative estimate of drug-likeness (QED) is 0.515. The Morgan fingerprint density at radius 2 is 1.33 bits per heavy atom. The third-order valence-corrected chi connectivity index (χ3v) is 4.97. The van der Waals surface area contributed by atoms with Gasteiger partial charge in [0.05, 0.1) is 0 Å². The van der Waals surface area contributed by atoms with Gasteiger partial charge in [-0.3, -0.25) is 0 Å². The van der Waals surface area contributed by atoms with Crippen molar-refractivity contribution in [2.45, 2.75) is 71.6 Å². The Morgan fingerprint density at radius 3 is 1.73 bits per heavy atom. The van der Waals surface area contributed by atoms with Crippen LogP contribution < -0.4 is 0 Å². The van der Waals surface area contributed by atoms with Gasteiger partial charge in [0.15, 0.2) is 0 Å². The van der Waals surface area contributed by atoms with Gasteiger partial charge in [-0.15, -0.1) is 0 Å². The second-order valence-electron chi connectivity index (χ2n) is 6.28. The van der Waals surface area contributed by atoms with Crippen LogP contribution in [0.25, 0.3) is 0 Å². The van der Waals surface area contributed by atoms with E-state index in [4.69, 9.17) is 0 Å². The standard InChI is InChI=1S/C15H28/c1-12-9-10-14(12)7-5-3-4-6-8-15-11-13(15)2/h12-15H,3-11H2,1-2H3. The van der Waals surface area contributed by atoms with Gasteiger partial charge >= 0.3 is 0 Å². The molecule has 0 saturated heterocycles. The highest BCUT2D eigenvalue weighted by molar-refractivity contribution is 4.81. The molecule has 0 aromatic rings. The Kier molecular flexibility index (Phi) is 4.11. The fraction of sp³-hybridized carbons (Fsp3) is 1.00. The maximum atomic E-state index is 2.43. The van der Waals surface area contributed by atoms with Crippen LogP contribution >= 0.6 is 0 Å². The van der Waals surface area contributed by atoms with Crippen LogP contribution in [0, 0.1) is 23.7 Å². The van der Waals surface area contributed by atoms with E-state index in [9.17, 15) is 0 Å². The van der Waals surface area contributed by atoms with Gasteiger partial charge in [-0.1, -0.05) is 58.8 Å². The van der Waals surface area contributed by atoms with Gasteiger partial charge in [0.25, 0.3) is 0 Å². The summed E-state index contributed by atoms with van der Waals surface area (Å²) in [6.45, 7) is 4.84. The topological polar surface area (TPSA) is 0 Å². The van der Waals surface area contributed by atoms with Crippen LogP contribution in [-0.4, -0.2) is 0 Å². The predicted molar refractivity (Wildman–Crippen MR) is 66.9 cm³/mol. The van der Waals surface area contributed by atoms with Crippen LogP contribution in [-0.2, 0) is 0 Å². The van der Waals surface area contributed by atoms with Crippen molar-refractivity contribution in [2.24, 2.45) is 23.7 Å². The molecule has 0 spiro atoms. The maximum Gasteiger partial charge on any atom is -0.0386 e. The maximum absolute atomic E-state index is 2.43. The molecule has 0 heteroatoms. The Bertz CT molecular complexity index is 184. The summed E-state index contributed by atoms with van der Waals surface area (Å²) < 4.78 is 0. The van der Waals surface area contributed by atoms with E-state index in [1.165, 1.54) is 57.8 Å². The van der Waals surface area contributed by atoms with Crippen LogP contribution in [0.5, 0.6) is 0 Å². The summed E-state index contributed by atoms with van der Waals surface area (Å²) in [4.78, 5) is 0. The third-order valence-electron chi connectivity index (χ3n) is 4.97. The average Bonchev–Trinajstić information content (AvgIpc) is 2.91. The van der Waals surface area contributed by atoms with Crippen molar-refractivity contribution in [3.63, 3.8) is 0 Å². The molecular formula is C15H28. The molecule has 2 fully saturated rings. The molecule has 0 aliphatic heterocycles. The summed E-state index contributed by atoms with van der Waals surface area (Å²) in [5.74, 6) is 4.35. The number of unbranched alkanes of at least 4 members (excludes halogenated alkanes) is 3. The van der Waals surface area contributed by atoms with Crippen molar-refractivity contribution in [3.8, 4) is 0 Å². The molecule has 4 atom stereocenters. The first-order chi connectivity index (χ1) is 7.27. The summed E-state index contributed by atoms with van der Waals surface area (Å²) in [7, 11) is 0. The number of hydrogen-bond acceptors (Lipinski definition) is 0. The smallest absolute Gasteiger partial charge is 0.0386 e. The molecule has 2 rings (SSSR count). The summed E-state index contributed by atoms with van der Waals surface area (Å²) in [6, 6.07) is 0. The summed E-state index contributed by atoms with van der Waals surface area (Å²) in [5.41, 5.74) is 0. The molecular weight excluding hydrogens is 180 g/mol. The Morgan fingerprint density at radius 1 is 0.733 bits per heavy atom. The van der Waals surface area contributed by atoms with Crippen LogP contribution in [0.3, 0.4) is 0 Å². The predicted octanol–water partition coefficient (Wildman–Crippen LogP) is 5.03.